The Kier molecular flexibility index (Phi) is 4.54. The van der Waals surface area contributed by atoms with Gasteiger partial charge < -0.3 is 0 Å². The third-order valence-electron chi connectivity index (χ3n) is 1.96. The minimum atomic E-state index is -0.0409. The highest BCUT2D eigenvalue weighted by Gasteiger charge is 1.94. The van der Waals surface area contributed by atoms with Gasteiger partial charge in [-0.15, -0.1) is 0 Å². The first kappa shape index (κ1) is 11.4. The van der Waals surface area contributed by atoms with Crippen molar-refractivity contribution in [2.24, 2.45) is 5.10 Å². The molecule has 3 heteroatoms. The fraction of sp³-hybridized carbons (Fsp3) is 0.333. The monoisotopic (exact) mass is 204 g/mol. The van der Waals surface area contributed by atoms with Crippen LogP contribution in [0.4, 0.5) is 0 Å². The number of hydrazone groups is 1. The fourth-order valence-electron chi connectivity index (χ4n) is 1.11. The predicted octanol–water partition coefficient (Wildman–Crippen LogP) is 2.25. The van der Waals surface area contributed by atoms with E-state index in [9.17, 15) is 4.79 Å². The van der Waals surface area contributed by atoms with Crippen molar-refractivity contribution in [3.8, 4) is 0 Å². The molecule has 0 atom stereocenters. The van der Waals surface area contributed by atoms with E-state index in [1.54, 1.807) is 6.21 Å². The fourth-order valence-corrected chi connectivity index (χ4v) is 1.11. The van der Waals surface area contributed by atoms with Gasteiger partial charge in [-0.3, -0.25) is 4.79 Å². The van der Waals surface area contributed by atoms with Gasteiger partial charge in [-0.25, -0.2) is 5.43 Å². The number of nitrogens with zero attached hydrogens (tertiary/aromatic N) is 1. The summed E-state index contributed by atoms with van der Waals surface area (Å²) in [6.45, 7) is 3.99. The number of nitrogens with one attached hydrogen (secondary N) is 1. The molecule has 0 unspecified atom stereocenters. The second-order valence-corrected chi connectivity index (χ2v) is 3.45. The summed E-state index contributed by atoms with van der Waals surface area (Å²) < 4.78 is 0. The van der Waals surface area contributed by atoms with Gasteiger partial charge >= 0.3 is 0 Å². The Bertz CT molecular complexity index is 341. The number of carbonyl (C=O) groups excluding carboxylic acids is 1. The Morgan fingerprint density at radius 3 is 2.67 bits per heavy atom. The Morgan fingerprint density at radius 2 is 2.07 bits per heavy atom. The molecule has 15 heavy (non-hydrogen) atoms. The highest BCUT2D eigenvalue weighted by molar-refractivity contribution is 5.82. The van der Waals surface area contributed by atoms with Crippen LogP contribution >= 0.6 is 0 Å². The van der Waals surface area contributed by atoms with E-state index in [4.69, 9.17) is 0 Å². The van der Waals surface area contributed by atoms with Crippen LogP contribution in [-0.4, -0.2) is 12.1 Å². The largest absolute Gasteiger partial charge is 0.273 e. The van der Waals surface area contributed by atoms with Gasteiger partial charge in [-0.1, -0.05) is 36.8 Å². The van der Waals surface area contributed by atoms with Crippen LogP contribution in [-0.2, 0) is 4.79 Å². The van der Waals surface area contributed by atoms with Gasteiger partial charge in [0.15, 0.2) is 0 Å². The van der Waals surface area contributed by atoms with Crippen LogP contribution in [0.5, 0.6) is 0 Å². The van der Waals surface area contributed by atoms with E-state index < -0.39 is 0 Å². The Morgan fingerprint density at radius 1 is 1.40 bits per heavy atom. The Labute approximate surface area is 90.2 Å². The van der Waals surface area contributed by atoms with Gasteiger partial charge in [0.1, 0.15) is 0 Å². The van der Waals surface area contributed by atoms with Crippen molar-refractivity contribution < 1.29 is 4.79 Å². The first-order valence-electron chi connectivity index (χ1n) is 5.11. The summed E-state index contributed by atoms with van der Waals surface area (Å²) in [5.74, 6) is -0.0409. The molecule has 0 saturated carbocycles. The Balaban J connectivity index is 2.44. The second-order valence-electron chi connectivity index (χ2n) is 3.45. The van der Waals surface area contributed by atoms with E-state index in [1.165, 1.54) is 5.56 Å². The summed E-state index contributed by atoms with van der Waals surface area (Å²) in [6, 6.07) is 7.94. The van der Waals surface area contributed by atoms with Crippen molar-refractivity contribution in [1.29, 1.82) is 0 Å². The highest BCUT2D eigenvalue weighted by atomic mass is 16.2. The number of aryl methyl sites for hydroxylation is 1. The van der Waals surface area contributed by atoms with Crippen LogP contribution in [0.1, 0.15) is 30.9 Å². The quantitative estimate of drug-likeness (QED) is 0.593. The number of benzene rings is 1. The summed E-state index contributed by atoms with van der Waals surface area (Å²) >= 11 is 0. The Hall–Kier alpha value is -1.64. The number of hydrogen-bond acceptors (Lipinski definition) is 2. The number of hydrogen-bond donors (Lipinski definition) is 1. The summed E-state index contributed by atoms with van der Waals surface area (Å²) in [5, 5.41) is 3.87. The standard InChI is InChI=1S/C12H16N2O/c1-3-4-12(15)14-13-9-11-7-5-10(2)6-8-11/h5-9H,3-4H2,1-2H3,(H,14,15)/b13-9-. The molecule has 1 N–H and O–H groups in total. The summed E-state index contributed by atoms with van der Waals surface area (Å²) in [5.41, 5.74) is 4.67. The van der Waals surface area contributed by atoms with Crippen LogP contribution in [0, 0.1) is 6.92 Å². The molecule has 0 bridgehead atoms. The van der Waals surface area contributed by atoms with E-state index >= 15 is 0 Å². The third-order valence-corrected chi connectivity index (χ3v) is 1.96. The van der Waals surface area contributed by atoms with Crippen LogP contribution in [0.3, 0.4) is 0 Å². The normalized spacial score (nSPS) is 10.5. The van der Waals surface area contributed by atoms with Gasteiger partial charge in [0.2, 0.25) is 5.91 Å². The van der Waals surface area contributed by atoms with Crippen molar-refractivity contribution in [1.82, 2.24) is 5.43 Å². The molecule has 1 aromatic carbocycles. The molecule has 0 aliphatic heterocycles. The van der Waals surface area contributed by atoms with E-state index in [0.717, 1.165) is 12.0 Å². The lowest BCUT2D eigenvalue weighted by atomic mass is 10.2. The summed E-state index contributed by atoms with van der Waals surface area (Å²) in [7, 11) is 0. The maximum atomic E-state index is 11.1. The maximum absolute atomic E-state index is 11.1. The van der Waals surface area contributed by atoms with Crippen LogP contribution < -0.4 is 5.43 Å². The van der Waals surface area contributed by atoms with E-state index in [2.05, 4.69) is 10.5 Å². The molecule has 0 radical (unpaired) electrons. The molecule has 0 aliphatic rings. The highest BCUT2D eigenvalue weighted by Crippen LogP contribution is 1.99. The maximum Gasteiger partial charge on any atom is 0.240 e. The number of rotatable bonds is 4. The summed E-state index contributed by atoms with van der Waals surface area (Å²) in [4.78, 5) is 11.1. The van der Waals surface area contributed by atoms with Crippen molar-refractivity contribution in [2.75, 3.05) is 0 Å². The zero-order valence-electron chi connectivity index (χ0n) is 9.16. The zero-order valence-corrected chi connectivity index (χ0v) is 9.16. The van der Waals surface area contributed by atoms with Gasteiger partial charge in [-0.05, 0) is 18.9 Å². The van der Waals surface area contributed by atoms with Gasteiger partial charge in [0, 0.05) is 6.42 Å². The van der Waals surface area contributed by atoms with Crippen LogP contribution in [0.15, 0.2) is 29.4 Å². The minimum absolute atomic E-state index is 0.0409. The lowest BCUT2D eigenvalue weighted by molar-refractivity contribution is -0.121. The zero-order chi connectivity index (χ0) is 11.1. The minimum Gasteiger partial charge on any atom is -0.273 e. The second kappa shape index (κ2) is 5.96. The van der Waals surface area contributed by atoms with Crippen molar-refractivity contribution in [2.45, 2.75) is 26.7 Å². The topological polar surface area (TPSA) is 41.5 Å². The predicted molar refractivity (Wildman–Crippen MR) is 61.8 cm³/mol. The van der Waals surface area contributed by atoms with Gasteiger partial charge in [0.05, 0.1) is 6.21 Å². The number of carbonyl (C=O) groups is 1. The molecular formula is C12H16N2O. The third kappa shape index (κ3) is 4.40. The van der Waals surface area contributed by atoms with E-state index in [1.807, 2.05) is 38.1 Å². The van der Waals surface area contributed by atoms with E-state index in [0.29, 0.717) is 6.42 Å². The van der Waals surface area contributed by atoms with E-state index in [-0.39, 0.29) is 5.91 Å². The van der Waals surface area contributed by atoms with Crippen LogP contribution in [0.25, 0.3) is 0 Å². The molecule has 0 aromatic heterocycles. The smallest absolute Gasteiger partial charge is 0.240 e. The van der Waals surface area contributed by atoms with Crippen molar-refractivity contribution >= 4 is 12.1 Å². The molecule has 0 fully saturated rings. The molecule has 1 amide bonds. The lowest BCUT2D eigenvalue weighted by Gasteiger charge is -1.96. The molecule has 3 nitrogen and oxygen atoms in total. The molecule has 0 heterocycles. The average molecular weight is 204 g/mol. The average Bonchev–Trinajstić information content (AvgIpc) is 2.21. The van der Waals surface area contributed by atoms with Crippen molar-refractivity contribution in [3.05, 3.63) is 35.4 Å². The van der Waals surface area contributed by atoms with Gasteiger partial charge in [-0.2, -0.15) is 5.10 Å². The molecule has 0 spiro atoms. The first-order valence-corrected chi connectivity index (χ1v) is 5.11. The molecule has 80 valence electrons. The lowest BCUT2D eigenvalue weighted by Crippen LogP contribution is -2.16. The SMILES string of the molecule is CCCC(=O)N/N=C\c1ccc(C)cc1. The number of amides is 1. The van der Waals surface area contributed by atoms with Crippen molar-refractivity contribution in [3.63, 3.8) is 0 Å². The molecule has 0 aliphatic carbocycles. The molecule has 0 saturated heterocycles. The molecular weight excluding hydrogens is 188 g/mol. The van der Waals surface area contributed by atoms with Crippen LogP contribution in [0.2, 0.25) is 0 Å². The molecule has 1 rings (SSSR count). The summed E-state index contributed by atoms with van der Waals surface area (Å²) in [6.07, 6.45) is 3.00. The van der Waals surface area contributed by atoms with Gasteiger partial charge in [0.25, 0.3) is 0 Å². The molecule has 1 aromatic rings. The first-order chi connectivity index (χ1) is 7.22.